The van der Waals surface area contributed by atoms with Gasteiger partial charge in [0.05, 0.1) is 0 Å². The number of likely N-dealkylation sites (N-methyl/N-ethyl adjacent to an activating group) is 1. The Labute approximate surface area is 275 Å². The lowest BCUT2D eigenvalue weighted by atomic mass is 9.86. The third-order valence-corrected chi connectivity index (χ3v) is 6.90. The van der Waals surface area contributed by atoms with Gasteiger partial charge in [0.15, 0.2) is 11.6 Å². The van der Waals surface area contributed by atoms with Gasteiger partial charge in [-0.3, -0.25) is 4.79 Å². The van der Waals surface area contributed by atoms with Crippen LogP contribution in [0, 0.1) is 31.0 Å². The normalized spacial score (nSPS) is 12.1. The fourth-order valence-corrected chi connectivity index (χ4v) is 4.32. The van der Waals surface area contributed by atoms with Crippen molar-refractivity contribution in [1.82, 2.24) is 14.8 Å². The Morgan fingerprint density at radius 3 is 2.26 bits per heavy atom. The fourth-order valence-electron chi connectivity index (χ4n) is 4.32. The molecule has 46 heavy (non-hydrogen) atoms. The Morgan fingerprint density at radius 2 is 1.74 bits per heavy atom. The van der Waals surface area contributed by atoms with Crippen LogP contribution in [0.3, 0.4) is 0 Å². The Morgan fingerprint density at radius 1 is 1.13 bits per heavy atom. The van der Waals surface area contributed by atoms with Gasteiger partial charge in [-0.05, 0) is 75.2 Å². The molecular weight excluding hydrogens is 578 g/mol. The van der Waals surface area contributed by atoms with E-state index in [0.29, 0.717) is 39.7 Å². The number of allylic oxidation sites excluding steroid dienone is 1. The molecule has 2 radical (unpaired) electrons. The van der Waals surface area contributed by atoms with Crippen molar-refractivity contribution in [3.8, 4) is 0 Å². The molecule has 1 unspecified atom stereocenters. The molecular formula is C35H50BFN8O. The van der Waals surface area contributed by atoms with Crippen LogP contribution in [0.4, 0.5) is 21.7 Å². The van der Waals surface area contributed by atoms with Gasteiger partial charge in [-0.15, -0.1) is 0 Å². The average molecular weight is 629 g/mol. The van der Waals surface area contributed by atoms with Crippen LogP contribution in [-0.2, 0) is 4.79 Å². The minimum absolute atomic E-state index is 0.00994. The highest BCUT2D eigenvalue weighted by atomic mass is 19.1. The van der Waals surface area contributed by atoms with Crippen LogP contribution in [0.5, 0.6) is 0 Å². The van der Waals surface area contributed by atoms with Crippen molar-refractivity contribution in [3.63, 3.8) is 0 Å². The summed E-state index contributed by atoms with van der Waals surface area (Å²) < 4.78 is 14.4. The highest BCUT2D eigenvalue weighted by Crippen LogP contribution is 2.35. The van der Waals surface area contributed by atoms with Crippen molar-refractivity contribution in [2.24, 2.45) is 16.6 Å². The number of pyridine rings is 2. The molecule has 0 saturated heterocycles. The maximum absolute atomic E-state index is 14.4. The number of rotatable bonds is 10. The highest BCUT2D eigenvalue weighted by molar-refractivity contribution is 6.08. The summed E-state index contributed by atoms with van der Waals surface area (Å²) in [7, 11) is 7.78. The zero-order valence-corrected chi connectivity index (χ0v) is 29.0. The third kappa shape index (κ3) is 11.1. The molecule has 0 spiro atoms. The minimum atomic E-state index is -0.800. The van der Waals surface area contributed by atoms with Gasteiger partial charge >= 0.3 is 0 Å². The van der Waals surface area contributed by atoms with Gasteiger partial charge in [0, 0.05) is 52.2 Å². The number of carbonyl (C=O) groups excluding carboxylic acids is 1. The number of aromatic nitrogens is 2. The van der Waals surface area contributed by atoms with Gasteiger partial charge in [-0.25, -0.2) is 19.4 Å². The second-order valence-electron chi connectivity index (χ2n) is 11.4. The number of nitrogens with one attached hydrogen (secondary N) is 2. The first-order valence-corrected chi connectivity index (χ1v) is 15.5. The number of aliphatic imine (C=N–C) groups is 1. The zero-order valence-electron chi connectivity index (χ0n) is 29.0. The van der Waals surface area contributed by atoms with Gasteiger partial charge in [-0.2, -0.15) is 0 Å². The summed E-state index contributed by atoms with van der Waals surface area (Å²) in [6, 6.07) is 9.86. The summed E-state index contributed by atoms with van der Waals surface area (Å²) in [5.74, 6) is -0.652. The van der Waals surface area contributed by atoms with Crippen molar-refractivity contribution < 1.29 is 9.18 Å². The molecule has 3 rings (SSSR count). The molecule has 0 bridgehead atoms. The second-order valence-corrected chi connectivity index (χ2v) is 11.4. The Balaban J connectivity index is 0.00000118. The lowest BCUT2D eigenvalue weighted by Crippen LogP contribution is -2.27. The third-order valence-electron chi connectivity index (χ3n) is 6.90. The largest absolute Gasteiger partial charge is 0.428 e. The predicted molar refractivity (Wildman–Crippen MR) is 191 cm³/mol. The van der Waals surface area contributed by atoms with E-state index in [1.165, 1.54) is 29.9 Å². The molecule has 11 heteroatoms. The van der Waals surface area contributed by atoms with Gasteiger partial charge < -0.3 is 27.0 Å². The van der Waals surface area contributed by atoms with Crippen LogP contribution < -0.4 is 16.8 Å². The molecule has 1 aromatic carbocycles. The standard InChI is InChI=1S/C27H30BFN8O.C5H12.C3H8/c1-14-8-11-21(31)19(13-30)22(14)16(3)24(37(5)28)23(25(32)38)35-17(4)18-7-6-12-33-26(18)36-27-20(29)10-9-15(2)34-27;1-4-5(2)3;1-3-2/h6-13,16,30H,31H2,1-5H3,(H2,32,38)(H,33,34,36);5H,4H2,1-3H3;3H2,1-2H3/b24-23+,30-13?,35-17?;;. The number of amides is 1. The SMILES string of the molecule is CCC.CCC(C)C.[B]N(C)/C(=C(/N=C(C)c1cccnc1Nc1nc(C)ccc1F)C(N)=O)C(C)c1c(C)ccc(N)c1C=N. The van der Waals surface area contributed by atoms with Gasteiger partial charge in [0.25, 0.3) is 5.91 Å². The van der Waals surface area contributed by atoms with Crippen LogP contribution >= 0.6 is 0 Å². The monoisotopic (exact) mass is 628 g/mol. The smallest absolute Gasteiger partial charge is 0.269 e. The van der Waals surface area contributed by atoms with E-state index < -0.39 is 17.6 Å². The number of carbonyl (C=O) groups is 1. The molecule has 3 aromatic rings. The number of nitrogen functional groups attached to an aromatic ring is 1. The lowest BCUT2D eigenvalue weighted by Gasteiger charge is -2.28. The van der Waals surface area contributed by atoms with Gasteiger partial charge in [0.2, 0.25) is 7.98 Å². The number of nitrogens with zero attached hydrogens (tertiary/aromatic N) is 4. The highest BCUT2D eigenvalue weighted by Gasteiger charge is 2.25. The van der Waals surface area contributed by atoms with Crippen molar-refractivity contribution in [2.75, 3.05) is 18.1 Å². The first kappa shape index (κ1) is 39.5. The van der Waals surface area contributed by atoms with E-state index in [1.54, 1.807) is 51.4 Å². The lowest BCUT2D eigenvalue weighted by molar-refractivity contribution is -0.114. The Kier molecular flexibility index (Phi) is 16.4. The second kappa shape index (κ2) is 19.1. The topological polar surface area (TPSA) is 146 Å². The molecule has 1 amide bonds. The summed E-state index contributed by atoms with van der Waals surface area (Å²) in [6.45, 7) is 18.0. The summed E-state index contributed by atoms with van der Waals surface area (Å²) >= 11 is 0. The van der Waals surface area contributed by atoms with Crippen LogP contribution in [-0.4, -0.2) is 47.6 Å². The van der Waals surface area contributed by atoms with Crippen LogP contribution in [0.25, 0.3) is 0 Å². The van der Waals surface area contributed by atoms with Crippen LogP contribution in [0.15, 0.2) is 59.0 Å². The summed E-state index contributed by atoms with van der Waals surface area (Å²) in [5, 5.41) is 10.8. The molecule has 2 aromatic heterocycles. The summed E-state index contributed by atoms with van der Waals surface area (Å²) in [5.41, 5.74) is 16.2. The molecule has 9 nitrogen and oxygen atoms in total. The first-order valence-electron chi connectivity index (χ1n) is 15.5. The molecule has 0 aliphatic rings. The van der Waals surface area contributed by atoms with E-state index in [9.17, 15) is 9.18 Å². The van der Waals surface area contributed by atoms with E-state index in [0.717, 1.165) is 17.0 Å². The average Bonchev–Trinajstić information content (AvgIpc) is 3.00. The van der Waals surface area contributed by atoms with Crippen molar-refractivity contribution in [1.29, 1.82) is 5.41 Å². The van der Waals surface area contributed by atoms with E-state index in [-0.39, 0.29) is 11.5 Å². The number of primary amides is 1. The summed E-state index contributed by atoms with van der Waals surface area (Å²) in [6.07, 6.45) is 5.27. The van der Waals surface area contributed by atoms with E-state index >= 15 is 0 Å². The number of nitrogens with two attached hydrogens (primary N) is 2. The molecule has 0 aliphatic carbocycles. The molecule has 0 saturated carbocycles. The maximum atomic E-state index is 14.4. The molecule has 246 valence electrons. The van der Waals surface area contributed by atoms with Gasteiger partial charge in [-0.1, -0.05) is 60.5 Å². The number of benzene rings is 1. The van der Waals surface area contributed by atoms with Crippen molar-refractivity contribution in [2.45, 2.75) is 81.1 Å². The number of hydrogen-bond acceptors (Lipinski definition) is 8. The number of hydrogen-bond donors (Lipinski definition) is 4. The van der Waals surface area contributed by atoms with Gasteiger partial charge in [0.1, 0.15) is 11.5 Å². The van der Waals surface area contributed by atoms with E-state index in [4.69, 9.17) is 24.9 Å². The molecule has 1 atom stereocenters. The molecule has 0 fully saturated rings. The maximum Gasteiger partial charge on any atom is 0.269 e. The number of anilines is 3. The summed E-state index contributed by atoms with van der Waals surface area (Å²) in [4.78, 5) is 27.1. The fraction of sp³-hybridized carbons (Fsp3) is 0.400. The van der Waals surface area contributed by atoms with Crippen molar-refractivity contribution >= 4 is 43.1 Å². The molecule has 6 N–H and O–H groups in total. The number of aryl methyl sites for hydroxylation is 2. The zero-order chi connectivity index (χ0) is 35.1. The van der Waals surface area contributed by atoms with E-state index in [1.807, 2.05) is 19.9 Å². The Bertz CT molecular complexity index is 1530. The quantitative estimate of drug-likeness (QED) is 0.0799. The van der Waals surface area contributed by atoms with Crippen LogP contribution in [0.2, 0.25) is 0 Å². The minimum Gasteiger partial charge on any atom is -0.428 e. The van der Waals surface area contributed by atoms with Crippen LogP contribution in [0.1, 0.15) is 95.2 Å². The van der Waals surface area contributed by atoms with Crippen molar-refractivity contribution in [3.05, 3.63) is 87.8 Å². The number of halogens is 1. The Hall–Kier alpha value is -4.54. The first-order chi connectivity index (χ1) is 21.6. The van der Waals surface area contributed by atoms with E-state index in [2.05, 4.69) is 54.9 Å². The molecule has 2 heterocycles. The molecule has 0 aliphatic heterocycles. The predicted octanol–water partition coefficient (Wildman–Crippen LogP) is 7.35.